The Morgan fingerprint density at radius 2 is 1.00 bits per heavy atom. The minimum Gasteiger partial charge on any atom is -0.371 e. The van der Waals surface area contributed by atoms with E-state index in [-0.39, 0.29) is 0 Å². The molecule has 7 fully saturated rings. The molecule has 7 heteroatoms. The second-order valence-corrected chi connectivity index (χ2v) is 18.4. The Balaban J connectivity index is 1.15. The maximum absolute atomic E-state index is 7.32. The monoisotopic (exact) mass is 590 g/mol. The van der Waals surface area contributed by atoms with Crippen molar-refractivity contribution in [1.82, 2.24) is 9.80 Å². The van der Waals surface area contributed by atoms with Gasteiger partial charge in [0.05, 0.1) is 48.6 Å². The molecule has 6 aliphatic heterocycles. The zero-order chi connectivity index (χ0) is 26.4. The first-order valence-corrected chi connectivity index (χ1v) is 19.8. The van der Waals surface area contributed by atoms with E-state index in [1.54, 1.807) is 0 Å². The Morgan fingerprint density at radius 3 is 1.54 bits per heavy atom. The van der Waals surface area contributed by atoms with E-state index >= 15 is 0 Å². The van der Waals surface area contributed by atoms with E-state index in [0.29, 0.717) is 61.1 Å². The first-order valence-electron chi connectivity index (χ1n) is 18.0. The first-order chi connectivity index (χ1) is 20.3. The quantitative estimate of drug-likeness (QED) is 0.278. The van der Waals surface area contributed by atoms with Crippen molar-refractivity contribution in [2.75, 3.05) is 0 Å². The Kier molecular flexibility index (Phi) is 5.59. The summed E-state index contributed by atoms with van der Waals surface area (Å²) in [6.45, 7) is 0.645. The summed E-state index contributed by atoms with van der Waals surface area (Å²) >= 11 is 4.82. The van der Waals surface area contributed by atoms with Gasteiger partial charge >= 0.3 is 0 Å². The van der Waals surface area contributed by atoms with Gasteiger partial charge in [0.2, 0.25) is 6.71 Å². The van der Waals surface area contributed by atoms with Crippen LogP contribution in [0.15, 0.2) is 21.0 Å². The average molecular weight is 591 g/mol. The smallest absolute Gasteiger partial charge is 0.237 e. The third-order valence-corrected chi connectivity index (χ3v) is 17.3. The maximum atomic E-state index is 7.32. The molecule has 4 nitrogen and oxygen atoms in total. The number of thioether (sulfide) groups is 2. The Hall–Kier alpha value is -0.235. The van der Waals surface area contributed by atoms with E-state index < -0.39 is 0 Å². The SMILES string of the molecule is C1CCC2C(C1)OC1CC3OC4CCCCC4N4C5=C(SC6CCCCC56)B5C6=C(C7CCCCC7S6)N2C1C5C34. The predicted octanol–water partition coefficient (Wildman–Crippen LogP) is 7.16. The standard InChI is InChI=1S/C34H47BN2O2S2/c1-7-15-26-18(9-1)29-33(40-26)35-28-31-24(38-22-13-5-3-11-20(22)36(29)31)17-25-32(28)37(21-12-4-6-14-23(21)39-25)30-19-10-2-8-16-27(19)41-34(30)35/h18-28,31-32H,1-17H2. The summed E-state index contributed by atoms with van der Waals surface area (Å²) in [7, 11) is 0. The molecule has 0 aromatic carbocycles. The van der Waals surface area contributed by atoms with Crippen LogP contribution in [0.2, 0.25) is 5.82 Å². The normalized spacial score (nSPS) is 52.7. The highest BCUT2D eigenvalue weighted by Gasteiger charge is 2.70. The van der Waals surface area contributed by atoms with Gasteiger partial charge in [-0.2, -0.15) is 0 Å². The van der Waals surface area contributed by atoms with E-state index in [1.165, 1.54) is 103 Å². The molecule has 12 unspecified atom stereocenters. The first kappa shape index (κ1) is 25.0. The van der Waals surface area contributed by atoms with Crippen molar-refractivity contribution in [2.24, 2.45) is 11.8 Å². The summed E-state index contributed by atoms with van der Waals surface area (Å²) in [6, 6.07) is 2.40. The maximum Gasteiger partial charge on any atom is 0.237 e. The van der Waals surface area contributed by atoms with E-state index in [2.05, 4.69) is 33.3 Å². The Bertz CT molecular complexity index is 1120. The highest BCUT2D eigenvalue weighted by molar-refractivity contribution is 8.08. The van der Waals surface area contributed by atoms with Crippen LogP contribution in [-0.2, 0) is 9.47 Å². The fourth-order valence-corrected chi connectivity index (χ4v) is 16.5. The molecule has 0 N–H and O–H groups in total. The van der Waals surface area contributed by atoms with E-state index in [4.69, 9.17) is 9.47 Å². The van der Waals surface area contributed by atoms with Crippen molar-refractivity contribution < 1.29 is 9.47 Å². The fraction of sp³-hybridized carbons (Fsp3) is 0.882. The van der Waals surface area contributed by atoms with Gasteiger partial charge < -0.3 is 19.3 Å². The van der Waals surface area contributed by atoms with Crippen molar-refractivity contribution in [3.8, 4) is 0 Å². The fourth-order valence-electron chi connectivity index (χ4n) is 12.8. The van der Waals surface area contributed by atoms with Crippen LogP contribution in [0, 0.1) is 11.8 Å². The molecular weight excluding hydrogens is 543 g/mol. The van der Waals surface area contributed by atoms with Crippen molar-refractivity contribution in [3.63, 3.8) is 0 Å². The second kappa shape index (κ2) is 9.16. The lowest BCUT2D eigenvalue weighted by atomic mass is 9.31. The van der Waals surface area contributed by atoms with E-state index in [1.807, 2.05) is 21.0 Å². The Labute approximate surface area is 255 Å². The largest absolute Gasteiger partial charge is 0.371 e. The number of nitrogens with zero attached hydrogens (tertiary/aromatic N) is 2. The zero-order valence-electron chi connectivity index (χ0n) is 24.6. The molecule has 0 amide bonds. The van der Waals surface area contributed by atoms with Crippen LogP contribution in [0.4, 0.5) is 0 Å². The number of morpholine rings is 2. The zero-order valence-corrected chi connectivity index (χ0v) is 26.3. The van der Waals surface area contributed by atoms with Gasteiger partial charge in [-0.15, -0.1) is 23.5 Å². The molecule has 5 saturated carbocycles. The third kappa shape index (κ3) is 3.27. The molecule has 11 rings (SSSR count). The molecule has 0 radical (unpaired) electrons. The highest BCUT2D eigenvalue weighted by atomic mass is 32.2. The number of rotatable bonds is 0. The molecule has 41 heavy (non-hydrogen) atoms. The molecule has 11 aliphatic rings. The lowest BCUT2D eigenvalue weighted by Gasteiger charge is -2.68. The lowest BCUT2D eigenvalue weighted by Crippen LogP contribution is -2.77. The topological polar surface area (TPSA) is 24.9 Å². The second-order valence-electron chi connectivity index (χ2n) is 15.8. The summed E-state index contributed by atoms with van der Waals surface area (Å²) in [5.41, 5.74) is 3.77. The molecule has 220 valence electrons. The van der Waals surface area contributed by atoms with Crippen LogP contribution in [0.25, 0.3) is 0 Å². The molecule has 2 saturated heterocycles. The van der Waals surface area contributed by atoms with E-state index in [9.17, 15) is 0 Å². The van der Waals surface area contributed by atoms with Crippen LogP contribution < -0.4 is 0 Å². The van der Waals surface area contributed by atoms with Crippen molar-refractivity contribution in [3.05, 3.63) is 21.0 Å². The van der Waals surface area contributed by atoms with Gasteiger partial charge in [0.25, 0.3) is 0 Å². The molecular formula is C34H47BN2O2S2. The van der Waals surface area contributed by atoms with Gasteiger partial charge in [-0.3, -0.25) is 0 Å². The Morgan fingerprint density at radius 1 is 0.537 bits per heavy atom. The van der Waals surface area contributed by atoms with Gasteiger partial charge in [0.1, 0.15) is 0 Å². The molecule has 0 aromatic rings. The van der Waals surface area contributed by atoms with Gasteiger partial charge in [-0.05, 0) is 66.8 Å². The van der Waals surface area contributed by atoms with Crippen LogP contribution in [0.5, 0.6) is 0 Å². The van der Waals surface area contributed by atoms with Gasteiger partial charge in [-0.1, -0.05) is 51.4 Å². The summed E-state index contributed by atoms with van der Waals surface area (Å²) in [4.78, 5) is 10.1. The molecule has 5 aliphatic carbocycles. The average Bonchev–Trinajstić information content (AvgIpc) is 3.59. The van der Waals surface area contributed by atoms with Gasteiger partial charge in [-0.25, -0.2) is 0 Å². The number of hydrogen-bond acceptors (Lipinski definition) is 6. The molecule has 0 aromatic heterocycles. The number of allylic oxidation sites excluding steroid dienone is 2. The van der Waals surface area contributed by atoms with E-state index in [0.717, 1.165) is 28.8 Å². The van der Waals surface area contributed by atoms with Crippen molar-refractivity contribution in [1.29, 1.82) is 0 Å². The summed E-state index contributed by atoms with van der Waals surface area (Å²) in [5, 5.41) is 1.68. The van der Waals surface area contributed by atoms with Crippen LogP contribution in [-0.4, -0.2) is 75.6 Å². The minimum atomic E-state index is 0.364. The third-order valence-electron chi connectivity index (χ3n) is 14.1. The van der Waals surface area contributed by atoms with Gasteiger partial charge in [0.15, 0.2) is 0 Å². The lowest BCUT2D eigenvalue weighted by molar-refractivity contribution is -0.231. The van der Waals surface area contributed by atoms with Crippen molar-refractivity contribution >= 4 is 30.2 Å². The minimum absolute atomic E-state index is 0.364. The van der Waals surface area contributed by atoms with Gasteiger partial charge in [0, 0.05) is 40.2 Å². The summed E-state index contributed by atoms with van der Waals surface area (Å²) in [5.74, 6) is 2.27. The van der Waals surface area contributed by atoms with Crippen LogP contribution in [0.1, 0.15) is 109 Å². The molecule has 0 spiro atoms. The predicted molar refractivity (Wildman–Crippen MR) is 168 cm³/mol. The number of ether oxygens (including phenoxy) is 2. The van der Waals surface area contributed by atoms with Crippen LogP contribution >= 0.6 is 23.5 Å². The summed E-state index contributed by atoms with van der Waals surface area (Å²) in [6.07, 6.45) is 25.1. The van der Waals surface area contributed by atoms with Crippen molar-refractivity contribution in [2.45, 2.75) is 174 Å². The summed E-state index contributed by atoms with van der Waals surface area (Å²) < 4.78 is 14.6. The molecule has 12 atom stereocenters. The number of fused-ring (bicyclic) bond motifs is 12. The molecule has 6 heterocycles. The molecule has 0 bridgehead atoms. The van der Waals surface area contributed by atoms with Crippen LogP contribution in [0.3, 0.4) is 0 Å². The highest BCUT2D eigenvalue weighted by Crippen LogP contribution is 2.68. The number of hydrogen-bond donors (Lipinski definition) is 0.